The van der Waals surface area contributed by atoms with Crippen LogP contribution in [0.4, 0.5) is 0 Å². The predicted octanol–water partition coefficient (Wildman–Crippen LogP) is 0.210. The Morgan fingerprint density at radius 1 is 1.47 bits per heavy atom. The molecular formula is C9H10NO4S-. The summed E-state index contributed by atoms with van der Waals surface area (Å²) in [5, 5.41) is 0. The van der Waals surface area contributed by atoms with Crippen molar-refractivity contribution in [2.75, 3.05) is 13.2 Å². The molecule has 0 spiro atoms. The number of ether oxygens (including phenoxy) is 2. The zero-order valence-electron chi connectivity index (χ0n) is 7.84. The highest BCUT2D eigenvalue weighted by molar-refractivity contribution is 7.77. The molecule has 15 heavy (non-hydrogen) atoms. The number of nitrogens with one attached hydrogen (secondary N) is 1. The number of benzene rings is 1. The third-order valence-electron chi connectivity index (χ3n) is 2.00. The highest BCUT2D eigenvalue weighted by Gasteiger charge is 2.19. The Bertz CT molecular complexity index is 371. The molecule has 1 aliphatic heterocycles. The van der Waals surface area contributed by atoms with Gasteiger partial charge in [-0.25, -0.2) is 4.72 Å². The Labute approximate surface area is 89.8 Å². The van der Waals surface area contributed by atoms with Gasteiger partial charge in [0.1, 0.15) is 12.7 Å². The molecule has 0 aromatic heterocycles. The monoisotopic (exact) mass is 228 g/mol. The quantitative estimate of drug-likeness (QED) is 0.751. The van der Waals surface area contributed by atoms with E-state index in [4.69, 9.17) is 9.47 Å². The van der Waals surface area contributed by atoms with E-state index in [0.29, 0.717) is 18.1 Å². The molecule has 0 radical (unpaired) electrons. The molecule has 0 saturated heterocycles. The summed E-state index contributed by atoms with van der Waals surface area (Å²) in [6.45, 7) is 0.561. The maximum atomic E-state index is 10.3. The van der Waals surface area contributed by atoms with Crippen molar-refractivity contribution in [3.05, 3.63) is 24.3 Å². The highest BCUT2D eigenvalue weighted by Crippen LogP contribution is 2.30. The minimum atomic E-state index is -2.26. The first-order valence-electron chi connectivity index (χ1n) is 4.47. The first kappa shape index (κ1) is 10.4. The molecule has 2 rings (SSSR count). The molecule has 0 amide bonds. The summed E-state index contributed by atoms with van der Waals surface area (Å²) in [7, 11) is 0. The van der Waals surface area contributed by atoms with Crippen LogP contribution in [-0.4, -0.2) is 28.0 Å². The Hall–Kier alpha value is -1.11. The van der Waals surface area contributed by atoms with Gasteiger partial charge in [-0.1, -0.05) is 12.1 Å². The van der Waals surface area contributed by atoms with Gasteiger partial charge in [0, 0.05) is 17.8 Å². The fourth-order valence-electron chi connectivity index (χ4n) is 1.32. The molecule has 1 aromatic carbocycles. The molecule has 1 unspecified atom stereocenters. The van der Waals surface area contributed by atoms with Crippen molar-refractivity contribution < 1.29 is 18.2 Å². The molecule has 0 saturated carbocycles. The van der Waals surface area contributed by atoms with Gasteiger partial charge in [0.05, 0.1) is 0 Å². The molecule has 1 heterocycles. The molecule has 0 bridgehead atoms. The fraction of sp³-hybridized carbons (Fsp3) is 0.333. The Kier molecular flexibility index (Phi) is 3.20. The second-order valence-electron chi connectivity index (χ2n) is 3.08. The van der Waals surface area contributed by atoms with Crippen LogP contribution in [-0.2, 0) is 11.3 Å². The largest absolute Gasteiger partial charge is 0.760 e. The zero-order chi connectivity index (χ0) is 10.7. The highest BCUT2D eigenvalue weighted by atomic mass is 32.2. The lowest BCUT2D eigenvalue weighted by atomic mass is 10.2. The summed E-state index contributed by atoms with van der Waals surface area (Å²) in [6.07, 6.45) is -0.280. The standard InChI is InChI=1S/C9H11NO4S/c11-15(12)10-5-7-6-13-8-3-1-2-4-9(8)14-7/h1-4,7,10H,5-6H2,(H,11,12)/p-1/t7-/m0/s1. The van der Waals surface area contributed by atoms with E-state index in [9.17, 15) is 8.76 Å². The first-order chi connectivity index (χ1) is 7.25. The van der Waals surface area contributed by atoms with Gasteiger partial charge in [-0.15, -0.1) is 0 Å². The normalized spacial score (nSPS) is 21.0. The Morgan fingerprint density at radius 2 is 2.20 bits per heavy atom. The Balaban J connectivity index is 1.96. The van der Waals surface area contributed by atoms with Crippen molar-refractivity contribution in [3.8, 4) is 11.5 Å². The van der Waals surface area contributed by atoms with Gasteiger partial charge in [-0.3, -0.25) is 4.21 Å². The van der Waals surface area contributed by atoms with E-state index in [1.165, 1.54) is 0 Å². The van der Waals surface area contributed by atoms with E-state index >= 15 is 0 Å². The SMILES string of the molecule is O=S([O-])NC[C@H]1COc2ccccc2O1. The Morgan fingerprint density at radius 3 is 2.93 bits per heavy atom. The van der Waals surface area contributed by atoms with Crippen LogP contribution in [0.25, 0.3) is 0 Å². The van der Waals surface area contributed by atoms with Crippen LogP contribution in [0.1, 0.15) is 0 Å². The van der Waals surface area contributed by atoms with Crippen LogP contribution in [0.3, 0.4) is 0 Å². The average molecular weight is 228 g/mol. The third kappa shape index (κ3) is 2.68. The van der Waals surface area contributed by atoms with E-state index in [2.05, 4.69) is 4.72 Å². The molecule has 1 aromatic rings. The minimum absolute atomic E-state index is 0.213. The van der Waals surface area contributed by atoms with Gasteiger partial charge in [-0.05, 0) is 12.1 Å². The maximum absolute atomic E-state index is 10.3. The predicted molar refractivity (Wildman–Crippen MR) is 53.3 cm³/mol. The lowest BCUT2D eigenvalue weighted by Gasteiger charge is -2.26. The lowest BCUT2D eigenvalue weighted by Crippen LogP contribution is -2.38. The number of hydrogen-bond acceptors (Lipinski definition) is 4. The number of para-hydroxylation sites is 2. The smallest absolute Gasteiger partial charge is 0.161 e. The molecule has 0 fully saturated rings. The van der Waals surface area contributed by atoms with Gasteiger partial charge < -0.3 is 14.0 Å². The van der Waals surface area contributed by atoms with Crippen LogP contribution < -0.4 is 14.2 Å². The molecule has 6 heteroatoms. The van der Waals surface area contributed by atoms with Crippen molar-refractivity contribution in [3.63, 3.8) is 0 Å². The second kappa shape index (κ2) is 4.61. The van der Waals surface area contributed by atoms with Crippen LogP contribution in [0, 0.1) is 0 Å². The molecule has 1 N–H and O–H groups in total. The molecule has 2 atom stereocenters. The number of rotatable bonds is 3. The topological polar surface area (TPSA) is 70.6 Å². The van der Waals surface area contributed by atoms with Crippen LogP contribution in [0.15, 0.2) is 24.3 Å². The summed E-state index contributed by atoms with van der Waals surface area (Å²) in [5.74, 6) is 1.34. The van der Waals surface area contributed by atoms with Crippen molar-refractivity contribution in [1.29, 1.82) is 0 Å². The van der Waals surface area contributed by atoms with Gasteiger partial charge in [0.15, 0.2) is 11.5 Å². The summed E-state index contributed by atoms with van der Waals surface area (Å²) in [6, 6.07) is 7.29. The molecular weight excluding hydrogens is 218 g/mol. The lowest BCUT2D eigenvalue weighted by molar-refractivity contribution is 0.0942. The fourth-order valence-corrected chi connectivity index (χ4v) is 1.65. The van der Waals surface area contributed by atoms with E-state index in [1.807, 2.05) is 18.2 Å². The van der Waals surface area contributed by atoms with E-state index in [-0.39, 0.29) is 12.6 Å². The minimum Gasteiger partial charge on any atom is -0.760 e. The molecule has 0 aliphatic carbocycles. The second-order valence-corrected chi connectivity index (χ2v) is 3.84. The van der Waals surface area contributed by atoms with Crippen molar-refractivity contribution in [1.82, 2.24) is 4.72 Å². The molecule has 82 valence electrons. The maximum Gasteiger partial charge on any atom is 0.161 e. The van der Waals surface area contributed by atoms with Crippen LogP contribution in [0.5, 0.6) is 11.5 Å². The van der Waals surface area contributed by atoms with E-state index in [1.54, 1.807) is 6.07 Å². The van der Waals surface area contributed by atoms with Gasteiger partial charge in [0.2, 0.25) is 0 Å². The van der Waals surface area contributed by atoms with Crippen LogP contribution in [0.2, 0.25) is 0 Å². The van der Waals surface area contributed by atoms with Crippen molar-refractivity contribution in [2.24, 2.45) is 0 Å². The van der Waals surface area contributed by atoms with E-state index in [0.717, 1.165) is 0 Å². The summed E-state index contributed by atoms with van der Waals surface area (Å²) < 4.78 is 33.7. The summed E-state index contributed by atoms with van der Waals surface area (Å²) >= 11 is -2.26. The van der Waals surface area contributed by atoms with Crippen molar-refractivity contribution in [2.45, 2.75) is 6.10 Å². The number of hydrogen-bond donors (Lipinski definition) is 1. The van der Waals surface area contributed by atoms with Gasteiger partial charge >= 0.3 is 0 Å². The third-order valence-corrected chi connectivity index (χ3v) is 2.40. The molecule has 1 aliphatic rings. The average Bonchev–Trinajstić information content (AvgIpc) is 2.26. The number of fused-ring (bicyclic) bond motifs is 1. The summed E-state index contributed by atoms with van der Waals surface area (Å²) in [4.78, 5) is 0. The van der Waals surface area contributed by atoms with Gasteiger partial charge in [-0.2, -0.15) is 0 Å². The zero-order valence-corrected chi connectivity index (χ0v) is 8.66. The van der Waals surface area contributed by atoms with Crippen LogP contribution >= 0.6 is 0 Å². The summed E-state index contributed by atoms with van der Waals surface area (Å²) in [5.41, 5.74) is 0. The van der Waals surface area contributed by atoms with E-state index < -0.39 is 11.3 Å². The molecule has 5 nitrogen and oxygen atoms in total. The van der Waals surface area contributed by atoms with Gasteiger partial charge in [0.25, 0.3) is 0 Å². The van der Waals surface area contributed by atoms with Crippen molar-refractivity contribution >= 4 is 11.3 Å². The first-order valence-corrected chi connectivity index (χ1v) is 5.54.